The Kier molecular flexibility index (Phi) is 9.70. The molecule has 1 saturated carbocycles. The van der Waals surface area contributed by atoms with Crippen molar-refractivity contribution in [3.63, 3.8) is 0 Å². The largest absolute Gasteiger partial charge is 0.688 e. The quantitative estimate of drug-likeness (QED) is 0.402. The van der Waals surface area contributed by atoms with E-state index < -0.39 is 15.8 Å². The highest BCUT2D eigenvalue weighted by Gasteiger charge is 2.35. The summed E-state index contributed by atoms with van der Waals surface area (Å²) in [5, 5.41) is 0. The minimum atomic E-state index is -1.06. The van der Waals surface area contributed by atoms with Crippen LogP contribution in [0.1, 0.15) is 87.5 Å². The molecule has 0 amide bonds. The predicted octanol–water partition coefficient (Wildman–Crippen LogP) is 5.69. The third-order valence-corrected chi connectivity index (χ3v) is 7.84. The average molecular weight is 431 g/mol. The summed E-state index contributed by atoms with van der Waals surface area (Å²) in [6.45, 7) is 17.2. The highest BCUT2D eigenvalue weighted by atomic mass is 27.1. The Hall–Kier alpha value is -1.05. The molecule has 1 aliphatic carbocycles. The number of rotatable bonds is 6. The normalized spacial score (nSPS) is 25.5. The molecule has 2 rings (SSSR count). The molecule has 0 aromatic rings. The number of nitrogens with zero attached hydrogens (tertiary/aromatic N) is 2. The van der Waals surface area contributed by atoms with E-state index in [1.165, 1.54) is 25.0 Å². The second-order valence-electron chi connectivity index (χ2n) is 10.2. The third-order valence-electron chi connectivity index (χ3n) is 6.26. The predicted molar refractivity (Wildman–Crippen MR) is 129 cm³/mol. The second-order valence-corrected chi connectivity index (χ2v) is 11.4. The minimum Gasteiger partial charge on any atom is -0.632 e. The van der Waals surface area contributed by atoms with Gasteiger partial charge in [0.05, 0.1) is 11.8 Å². The van der Waals surface area contributed by atoms with Crippen LogP contribution in [0.5, 0.6) is 0 Å². The highest BCUT2D eigenvalue weighted by Crippen LogP contribution is 2.31. The van der Waals surface area contributed by atoms with E-state index in [0.29, 0.717) is 17.9 Å². The Morgan fingerprint density at radius 3 is 2.27 bits per heavy atom. The summed E-state index contributed by atoms with van der Waals surface area (Å²) in [6, 6.07) is 0.613. The Bertz CT molecular complexity index is 677. The summed E-state index contributed by atoms with van der Waals surface area (Å²) in [5.41, 5.74) is 2.32. The molecule has 30 heavy (non-hydrogen) atoms. The molecule has 1 fully saturated rings. The van der Waals surface area contributed by atoms with Crippen molar-refractivity contribution in [2.75, 3.05) is 0 Å². The van der Waals surface area contributed by atoms with Crippen molar-refractivity contribution in [2.24, 2.45) is 28.7 Å². The van der Waals surface area contributed by atoms with Crippen molar-refractivity contribution in [1.29, 1.82) is 0 Å². The van der Waals surface area contributed by atoms with Crippen molar-refractivity contribution >= 4 is 27.3 Å². The second kappa shape index (κ2) is 11.5. The SMILES string of the molecule is CC(C)C(=O)/C=C(/C(C)C)[N]1[AlH][O]/C(C(C)C)=C\C(C(C)C)=NC2CCCCCC21. The first-order valence-corrected chi connectivity index (χ1v) is 13.3. The van der Waals surface area contributed by atoms with E-state index >= 15 is 0 Å². The van der Waals surface area contributed by atoms with Crippen LogP contribution < -0.4 is 0 Å². The van der Waals surface area contributed by atoms with Crippen LogP contribution in [0.25, 0.3) is 0 Å². The Morgan fingerprint density at radius 1 is 1.03 bits per heavy atom. The molecule has 2 atom stereocenters. The summed E-state index contributed by atoms with van der Waals surface area (Å²) in [7, 11) is 0. The molecule has 0 spiro atoms. The van der Waals surface area contributed by atoms with Gasteiger partial charge in [0.2, 0.25) is 0 Å². The number of ketones is 1. The maximum Gasteiger partial charge on any atom is 0.688 e. The molecule has 2 unspecified atom stereocenters. The Labute approximate surface area is 191 Å². The van der Waals surface area contributed by atoms with E-state index in [0.717, 1.165) is 24.3 Å². The van der Waals surface area contributed by atoms with E-state index in [1.807, 2.05) is 19.9 Å². The molecule has 5 heteroatoms. The number of hydrogen-bond acceptors (Lipinski definition) is 4. The summed E-state index contributed by atoms with van der Waals surface area (Å²) in [4.78, 5) is 18.0. The van der Waals surface area contributed by atoms with Crippen molar-refractivity contribution in [2.45, 2.75) is 99.6 Å². The lowest BCUT2D eigenvalue weighted by molar-refractivity contribution is -0.117. The topological polar surface area (TPSA) is 41.9 Å². The smallest absolute Gasteiger partial charge is 0.632 e. The molecule has 1 heterocycles. The van der Waals surface area contributed by atoms with Crippen molar-refractivity contribution < 1.29 is 8.58 Å². The molecule has 2 aliphatic rings. The lowest BCUT2D eigenvalue weighted by Crippen LogP contribution is -2.46. The zero-order valence-corrected chi connectivity index (χ0v) is 22.0. The van der Waals surface area contributed by atoms with Gasteiger partial charge in [-0.05, 0) is 42.5 Å². The van der Waals surface area contributed by atoms with Crippen LogP contribution in [0, 0.1) is 23.7 Å². The first-order valence-electron chi connectivity index (χ1n) is 12.1. The molecule has 1 aliphatic heterocycles. The average Bonchev–Trinajstić information content (AvgIpc) is 2.85. The number of allylic oxidation sites excluding steroid dienone is 4. The maximum absolute atomic E-state index is 12.7. The fourth-order valence-electron chi connectivity index (χ4n) is 4.25. The van der Waals surface area contributed by atoms with Gasteiger partial charge >= 0.3 is 15.8 Å². The molecule has 0 bridgehead atoms. The number of fused-ring (bicyclic) bond motifs is 1. The molecule has 0 radical (unpaired) electrons. The van der Waals surface area contributed by atoms with Gasteiger partial charge < -0.3 is 7.67 Å². The molecule has 0 saturated heterocycles. The fraction of sp³-hybridized carbons (Fsp3) is 0.760. The van der Waals surface area contributed by atoms with Gasteiger partial charge in [0.1, 0.15) is 0 Å². The lowest BCUT2D eigenvalue weighted by atomic mass is 9.98. The van der Waals surface area contributed by atoms with E-state index in [-0.39, 0.29) is 23.7 Å². The van der Waals surface area contributed by atoms with Gasteiger partial charge in [-0.15, -0.1) is 0 Å². The van der Waals surface area contributed by atoms with Crippen LogP contribution in [-0.2, 0) is 8.58 Å². The number of aliphatic imine (C=N–C) groups is 1. The monoisotopic (exact) mass is 430 g/mol. The van der Waals surface area contributed by atoms with Crippen LogP contribution in [0.4, 0.5) is 0 Å². The maximum atomic E-state index is 12.7. The highest BCUT2D eigenvalue weighted by molar-refractivity contribution is 6.25. The molecule has 0 aromatic heterocycles. The van der Waals surface area contributed by atoms with Gasteiger partial charge in [0, 0.05) is 23.6 Å². The lowest BCUT2D eigenvalue weighted by Gasteiger charge is -2.39. The van der Waals surface area contributed by atoms with Crippen LogP contribution in [-0.4, -0.2) is 43.2 Å². The van der Waals surface area contributed by atoms with Gasteiger partial charge in [-0.25, -0.2) is 0 Å². The standard InChI is InChI=1S/C25H44N2O2.Al.H/c1-16(2)22(14-24(28)18(5)6)26-20-12-10-9-11-13-21(20)27-23(17(3)4)15-25(29)19(7)8;;/h14-21H,9-13H2,1-8H3,(H2,26,27,28,29);;/q;+2;/p-2. The Morgan fingerprint density at radius 2 is 1.70 bits per heavy atom. The summed E-state index contributed by atoms with van der Waals surface area (Å²) in [5.74, 6) is 2.27. The summed E-state index contributed by atoms with van der Waals surface area (Å²) in [6.07, 6.45) is 10.1. The van der Waals surface area contributed by atoms with E-state index in [1.54, 1.807) is 0 Å². The van der Waals surface area contributed by atoms with Gasteiger partial charge in [-0.3, -0.25) is 9.79 Å². The van der Waals surface area contributed by atoms with Crippen LogP contribution in [0.15, 0.2) is 28.6 Å². The molecular formula is C25H43AlN2O2. The van der Waals surface area contributed by atoms with Gasteiger partial charge in [0.15, 0.2) is 5.78 Å². The molecule has 0 N–H and O–H groups in total. The van der Waals surface area contributed by atoms with Crippen molar-refractivity contribution in [3.05, 3.63) is 23.6 Å². The van der Waals surface area contributed by atoms with Crippen molar-refractivity contribution in [1.82, 2.24) is 3.88 Å². The van der Waals surface area contributed by atoms with Crippen LogP contribution in [0.2, 0.25) is 0 Å². The molecule has 0 aromatic carbocycles. The fourth-order valence-corrected chi connectivity index (χ4v) is 6.18. The zero-order valence-electron chi connectivity index (χ0n) is 20.6. The molecular weight excluding hydrogens is 387 g/mol. The van der Waals surface area contributed by atoms with Crippen LogP contribution in [0.3, 0.4) is 0 Å². The van der Waals surface area contributed by atoms with E-state index in [9.17, 15) is 4.79 Å². The molecule has 168 valence electrons. The first-order chi connectivity index (χ1) is 14.1. The van der Waals surface area contributed by atoms with Gasteiger partial charge in [-0.2, -0.15) is 0 Å². The number of carbonyl (C=O) groups is 1. The third kappa shape index (κ3) is 6.73. The number of carbonyl (C=O) groups excluding carboxylic acids is 1. The first kappa shape index (κ1) is 25.2. The molecule has 4 nitrogen and oxygen atoms in total. The number of hydrogen-bond donors (Lipinski definition) is 0. The van der Waals surface area contributed by atoms with Gasteiger partial charge in [-0.1, -0.05) is 74.7 Å². The Balaban J connectivity index is 2.58. The minimum absolute atomic E-state index is 0.0143. The van der Waals surface area contributed by atoms with E-state index in [2.05, 4.69) is 51.5 Å². The van der Waals surface area contributed by atoms with E-state index in [4.69, 9.17) is 8.78 Å². The summed E-state index contributed by atoms with van der Waals surface area (Å²) < 4.78 is 9.09. The van der Waals surface area contributed by atoms with Gasteiger partial charge in [0.25, 0.3) is 0 Å². The zero-order chi connectivity index (χ0) is 22.4. The summed E-state index contributed by atoms with van der Waals surface area (Å²) >= 11 is -1.06. The van der Waals surface area contributed by atoms with Crippen molar-refractivity contribution in [3.8, 4) is 0 Å². The van der Waals surface area contributed by atoms with Crippen LogP contribution >= 0.6 is 0 Å².